The Balaban J connectivity index is 1.52. The molecule has 0 aliphatic heterocycles. The van der Waals surface area contributed by atoms with Crippen LogP contribution in [-0.4, -0.2) is 44.1 Å². The molecule has 0 bridgehead atoms. The van der Waals surface area contributed by atoms with E-state index in [1.54, 1.807) is 14.2 Å². The van der Waals surface area contributed by atoms with Crippen molar-refractivity contribution in [2.75, 3.05) is 27.3 Å². The number of ether oxygens (including phenoxy) is 2. The fraction of sp³-hybridized carbons (Fsp3) is 0.407. The molecule has 180 valence electrons. The maximum Gasteiger partial charge on any atom is 0.239 e. The summed E-state index contributed by atoms with van der Waals surface area (Å²) in [6, 6.07) is 13.8. The lowest BCUT2D eigenvalue weighted by Crippen LogP contribution is -2.41. The second-order valence-electron chi connectivity index (χ2n) is 8.78. The van der Waals surface area contributed by atoms with Crippen LogP contribution in [0.3, 0.4) is 0 Å². The van der Waals surface area contributed by atoms with Crippen LogP contribution >= 0.6 is 0 Å². The lowest BCUT2D eigenvalue weighted by Gasteiger charge is -2.22. The maximum absolute atomic E-state index is 12.7. The molecule has 0 saturated heterocycles. The standard InChI is InChI=1S/C27H33N3O4/c1-33-24-14-8-12-20(26(24)34-2)22(21-15-28-23-13-7-6-11-19(21)23)16-29-25(31)17-30-27(32)18-9-4-3-5-10-18/h6-8,11-15,18,22,28H,3-5,9-10,16-17H2,1-2H3,(H,29,31)(H,30,32)/t22-/m0/s1. The number of amides is 2. The molecule has 34 heavy (non-hydrogen) atoms. The minimum absolute atomic E-state index is 0.0162. The predicted octanol–water partition coefficient (Wildman–Crippen LogP) is 4.13. The molecule has 1 aliphatic rings. The van der Waals surface area contributed by atoms with E-state index in [9.17, 15) is 9.59 Å². The second kappa shape index (κ2) is 11.1. The van der Waals surface area contributed by atoms with Gasteiger partial charge in [-0.25, -0.2) is 0 Å². The van der Waals surface area contributed by atoms with Crippen molar-refractivity contribution in [1.29, 1.82) is 0 Å². The minimum Gasteiger partial charge on any atom is -0.493 e. The summed E-state index contributed by atoms with van der Waals surface area (Å²) in [5, 5.41) is 6.92. The largest absolute Gasteiger partial charge is 0.493 e. The van der Waals surface area contributed by atoms with Gasteiger partial charge in [-0.15, -0.1) is 0 Å². The third-order valence-corrected chi connectivity index (χ3v) is 6.71. The summed E-state index contributed by atoms with van der Waals surface area (Å²) in [6.45, 7) is 0.328. The highest BCUT2D eigenvalue weighted by Crippen LogP contribution is 2.40. The van der Waals surface area contributed by atoms with Crippen molar-refractivity contribution in [2.24, 2.45) is 5.92 Å². The van der Waals surface area contributed by atoms with Gasteiger partial charge in [0.1, 0.15) is 0 Å². The zero-order chi connectivity index (χ0) is 23.9. The van der Waals surface area contributed by atoms with Crippen molar-refractivity contribution >= 4 is 22.7 Å². The number of methoxy groups -OCH3 is 2. The van der Waals surface area contributed by atoms with Gasteiger partial charge in [0.05, 0.1) is 20.8 Å². The van der Waals surface area contributed by atoms with Crippen molar-refractivity contribution in [3.8, 4) is 11.5 Å². The monoisotopic (exact) mass is 463 g/mol. The molecule has 7 heteroatoms. The smallest absolute Gasteiger partial charge is 0.239 e. The molecule has 2 aromatic carbocycles. The van der Waals surface area contributed by atoms with E-state index in [0.29, 0.717) is 18.0 Å². The molecule has 1 aliphatic carbocycles. The van der Waals surface area contributed by atoms with Crippen molar-refractivity contribution in [3.05, 3.63) is 59.8 Å². The Morgan fingerprint density at radius 1 is 0.971 bits per heavy atom. The SMILES string of the molecule is COc1cccc([C@H](CNC(=O)CNC(=O)C2CCCCC2)c2c[nH]c3ccccc23)c1OC. The van der Waals surface area contributed by atoms with Gasteiger partial charge in [0.2, 0.25) is 11.8 Å². The Kier molecular flexibility index (Phi) is 7.72. The van der Waals surface area contributed by atoms with E-state index in [1.807, 2.05) is 42.6 Å². The van der Waals surface area contributed by atoms with Crippen LogP contribution < -0.4 is 20.1 Å². The number of hydrogen-bond acceptors (Lipinski definition) is 4. The number of para-hydroxylation sites is 2. The van der Waals surface area contributed by atoms with Gasteiger partial charge >= 0.3 is 0 Å². The van der Waals surface area contributed by atoms with Crippen LogP contribution in [0.15, 0.2) is 48.7 Å². The molecule has 1 aromatic heterocycles. The van der Waals surface area contributed by atoms with Gasteiger partial charge < -0.3 is 25.1 Å². The number of benzene rings is 2. The number of nitrogens with one attached hydrogen (secondary N) is 3. The first kappa shape index (κ1) is 23.7. The third kappa shape index (κ3) is 5.19. The summed E-state index contributed by atoms with van der Waals surface area (Å²) in [6.07, 6.45) is 7.15. The highest BCUT2D eigenvalue weighted by molar-refractivity contribution is 5.86. The number of fused-ring (bicyclic) bond motifs is 1. The normalized spacial score (nSPS) is 15.0. The third-order valence-electron chi connectivity index (χ3n) is 6.71. The van der Waals surface area contributed by atoms with Crippen molar-refractivity contribution in [1.82, 2.24) is 15.6 Å². The molecule has 1 heterocycles. The van der Waals surface area contributed by atoms with Gasteiger partial charge in [-0.05, 0) is 30.5 Å². The van der Waals surface area contributed by atoms with Crippen LogP contribution in [-0.2, 0) is 9.59 Å². The van der Waals surface area contributed by atoms with E-state index < -0.39 is 0 Å². The summed E-state index contributed by atoms with van der Waals surface area (Å²) in [7, 11) is 3.23. The van der Waals surface area contributed by atoms with Crippen LogP contribution in [0.4, 0.5) is 0 Å². The van der Waals surface area contributed by atoms with Crippen LogP contribution in [0.2, 0.25) is 0 Å². The Morgan fingerprint density at radius 3 is 2.53 bits per heavy atom. The fourth-order valence-electron chi connectivity index (χ4n) is 4.91. The average Bonchev–Trinajstić information content (AvgIpc) is 3.31. The molecule has 3 N–H and O–H groups in total. The van der Waals surface area contributed by atoms with Crippen molar-refractivity contribution in [3.63, 3.8) is 0 Å². The van der Waals surface area contributed by atoms with E-state index in [1.165, 1.54) is 6.42 Å². The number of carbonyl (C=O) groups is 2. The van der Waals surface area contributed by atoms with Gasteiger partial charge in [-0.2, -0.15) is 0 Å². The Morgan fingerprint density at radius 2 is 1.76 bits per heavy atom. The molecule has 3 aromatic rings. The van der Waals surface area contributed by atoms with Gasteiger partial charge in [0.25, 0.3) is 0 Å². The lowest BCUT2D eigenvalue weighted by atomic mass is 9.89. The number of aromatic amines is 1. The predicted molar refractivity (Wildman–Crippen MR) is 132 cm³/mol. The molecule has 0 spiro atoms. The van der Waals surface area contributed by atoms with Crippen LogP contribution in [0.5, 0.6) is 11.5 Å². The quantitative estimate of drug-likeness (QED) is 0.445. The molecular formula is C27H33N3O4. The molecule has 7 nitrogen and oxygen atoms in total. The van der Waals surface area contributed by atoms with E-state index >= 15 is 0 Å². The van der Waals surface area contributed by atoms with E-state index in [4.69, 9.17) is 9.47 Å². The molecule has 0 radical (unpaired) electrons. The van der Waals surface area contributed by atoms with Gasteiger partial charge in [0, 0.05) is 41.0 Å². The molecule has 2 amide bonds. The van der Waals surface area contributed by atoms with Crippen molar-refractivity contribution in [2.45, 2.75) is 38.0 Å². The maximum atomic E-state index is 12.7. The first-order chi connectivity index (χ1) is 16.6. The summed E-state index contributed by atoms with van der Waals surface area (Å²) < 4.78 is 11.2. The average molecular weight is 464 g/mol. The van der Waals surface area contributed by atoms with Gasteiger partial charge in [-0.1, -0.05) is 49.6 Å². The van der Waals surface area contributed by atoms with Crippen molar-refractivity contribution < 1.29 is 19.1 Å². The van der Waals surface area contributed by atoms with Crippen LogP contribution in [0.1, 0.15) is 49.1 Å². The van der Waals surface area contributed by atoms with E-state index in [-0.39, 0.29) is 30.2 Å². The summed E-state index contributed by atoms with van der Waals surface area (Å²) >= 11 is 0. The fourth-order valence-corrected chi connectivity index (χ4v) is 4.91. The number of H-pyrrole nitrogens is 1. The highest BCUT2D eigenvalue weighted by Gasteiger charge is 2.25. The molecule has 0 unspecified atom stereocenters. The van der Waals surface area contributed by atoms with E-state index in [2.05, 4.69) is 21.7 Å². The molecule has 1 fully saturated rings. The molecule has 4 rings (SSSR count). The summed E-state index contributed by atoms with van der Waals surface area (Å²) in [4.78, 5) is 28.4. The highest BCUT2D eigenvalue weighted by atomic mass is 16.5. The first-order valence-electron chi connectivity index (χ1n) is 11.9. The second-order valence-corrected chi connectivity index (χ2v) is 8.78. The van der Waals surface area contributed by atoms with Gasteiger partial charge in [-0.3, -0.25) is 9.59 Å². The Hall–Kier alpha value is -3.48. The Labute approximate surface area is 200 Å². The van der Waals surface area contributed by atoms with Gasteiger partial charge in [0.15, 0.2) is 11.5 Å². The van der Waals surface area contributed by atoms with Crippen LogP contribution in [0.25, 0.3) is 10.9 Å². The molecule has 1 saturated carbocycles. The summed E-state index contributed by atoms with van der Waals surface area (Å²) in [5.74, 6) is 0.894. The zero-order valence-corrected chi connectivity index (χ0v) is 19.9. The zero-order valence-electron chi connectivity index (χ0n) is 19.9. The number of rotatable bonds is 9. The number of carbonyl (C=O) groups excluding carboxylic acids is 2. The molecule has 1 atom stereocenters. The number of aromatic nitrogens is 1. The topological polar surface area (TPSA) is 92.5 Å². The molecular weight excluding hydrogens is 430 g/mol. The first-order valence-corrected chi connectivity index (χ1v) is 11.9. The van der Waals surface area contributed by atoms with E-state index in [0.717, 1.165) is 47.7 Å². The van der Waals surface area contributed by atoms with Crippen LogP contribution in [0, 0.1) is 5.92 Å². The summed E-state index contributed by atoms with van der Waals surface area (Å²) in [5.41, 5.74) is 2.99. The minimum atomic E-state index is -0.212. The number of hydrogen-bond donors (Lipinski definition) is 3. The lowest BCUT2D eigenvalue weighted by molar-refractivity contribution is -0.129. The Bertz CT molecular complexity index is 1130.